The molecule has 4 heteroatoms. The van der Waals surface area contributed by atoms with Crippen LogP contribution in [0.15, 0.2) is 182 Å². The molecule has 11 rings (SSSR count). The van der Waals surface area contributed by atoms with E-state index in [0.717, 1.165) is 39.5 Å². The van der Waals surface area contributed by atoms with E-state index in [-0.39, 0.29) is 0 Å². The molecule has 0 unspecified atom stereocenters. The average Bonchev–Trinajstić information content (AvgIpc) is 3.84. The molecule has 4 heterocycles. The molecule has 11 aromatic rings. The molecular weight excluding hydrogens is 621 g/mol. The van der Waals surface area contributed by atoms with Gasteiger partial charge in [-0.1, -0.05) is 109 Å². The lowest BCUT2D eigenvalue weighted by molar-refractivity contribution is 1.08. The van der Waals surface area contributed by atoms with Gasteiger partial charge in [-0.25, -0.2) is 4.98 Å². The van der Waals surface area contributed by atoms with Gasteiger partial charge in [0.1, 0.15) is 5.82 Å². The van der Waals surface area contributed by atoms with Crippen molar-refractivity contribution in [2.75, 3.05) is 0 Å². The van der Waals surface area contributed by atoms with E-state index in [2.05, 4.69) is 190 Å². The molecular formula is C47H30N4. The topological polar surface area (TPSA) is 27.7 Å². The van der Waals surface area contributed by atoms with Crippen molar-refractivity contribution in [2.45, 2.75) is 0 Å². The Hall–Kier alpha value is -6.91. The summed E-state index contributed by atoms with van der Waals surface area (Å²) in [6.07, 6.45) is 0. The van der Waals surface area contributed by atoms with E-state index in [0.29, 0.717) is 0 Å². The van der Waals surface area contributed by atoms with Gasteiger partial charge in [-0.2, -0.15) is 0 Å². The fourth-order valence-electron chi connectivity index (χ4n) is 8.32. The highest BCUT2D eigenvalue weighted by Gasteiger charge is 2.22. The lowest BCUT2D eigenvalue weighted by atomic mass is 10.1. The van der Waals surface area contributed by atoms with Crippen LogP contribution in [0.4, 0.5) is 0 Å². The van der Waals surface area contributed by atoms with Crippen LogP contribution < -0.4 is 0 Å². The summed E-state index contributed by atoms with van der Waals surface area (Å²) in [6, 6.07) is 65.2. The minimum atomic E-state index is 0.908. The number of pyridine rings is 1. The smallest absolute Gasteiger partial charge is 0.138 e. The molecule has 0 saturated carbocycles. The van der Waals surface area contributed by atoms with Crippen molar-refractivity contribution in [1.29, 1.82) is 0 Å². The van der Waals surface area contributed by atoms with E-state index in [1.165, 1.54) is 54.4 Å². The van der Waals surface area contributed by atoms with Crippen molar-refractivity contribution in [3.05, 3.63) is 182 Å². The zero-order valence-corrected chi connectivity index (χ0v) is 27.6. The van der Waals surface area contributed by atoms with E-state index >= 15 is 0 Å². The summed E-state index contributed by atoms with van der Waals surface area (Å²) in [4.78, 5) is 5.21. The quantitative estimate of drug-likeness (QED) is 0.186. The molecule has 0 aliphatic carbocycles. The molecule has 0 amide bonds. The Bertz CT molecular complexity index is 3130. The van der Waals surface area contributed by atoms with E-state index in [1.54, 1.807) is 0 Å². The minimum Gasteiger partial charge on any atom is -0.309 e. The first-order chi connectivity index (χ1) is 25.3. The predicted octanol–water partition coefficient (Wildman–Crippen LogP) is 12.0. The van der Waals surface area contributed by atoms with Gasteiger partial charge in [0, 0.05) is 49.3 Å². The fraction of sp³-hybridized carbons (Fsp3) is 0. The van der Waals surface area contributed by atoms with Crippen LogP contribution in [0.5, 0.6) is 0 Å². The number of benzene rings is 7. The van der Waals surface area contributed by atoms with Gasteiger partial charge in [-0.3, -0.25) is 4.57 Å². The second-order valence-electron chi connectivity index (χ2n) is 13.2. The SMILES string of the molecule is c1ccc(-c2cccc(-n3c4ccccc4c4c5c6ccccc6n(-c6ccc7c(c6)c6ccccc6n7-c6ccccc6)c5ccc43)n2)cc1. The Labute approximate surface area is 293 Å². The predicted molar refractivity (Wildman–Crippen MR) is 213 cm³/mol. The maximum absolute atomic E-state index is 5.21. The number of para-hydroxylation sites is 4. The van der Waals surface area contributed by atoms with Crippen molar-refractivity contribution in [2.24, 2.45) is 0 Å². The number of nitrogens with zero attached hydrogens (tertiary/aromatic N) is 4. The van der Waals surface area contributed by atoms with Crippen molar-refractivity contribution >= 4 is 65.4 Å². The van der Waals surface area contributed by atoms with Crippen molar-refractivity contribution in [3.8, 4) is 28.5 Å². The molecule has 0 aliphatic heterocycles. The summed E-state index contributed by atoms with van der Waals surface area (Å²) < 4.78 is 7.14. The summed E-state index contributed by atoms with van der Waals surface area (Å²) in [6.45, 7) is 0. The van der Waals surface area contributed by atoms with Crippen molar-refractivity contribution in [1.82, 2.24) is 18.7 Å². The largest absolute Gasteiger partial charge is 0.309 e. The summed E-state index contributed by atoms with van der Waals surface area (Å²) in [5.41, 5.74) is 11.4. The number of aromatic nitrogens is 4. The third-order valence-corrected chi connectivity index (χ3v) is 10.4. The van der Waals surface area contributed by atoms with Gasteiger partial charge in [0.05, 0.1) is 38.8 Å². The Morgan fingerprint density at radius 1 is 0.314 bits per heavy atom. The van der Waals surface area contributed by atoms with Crippen LogP contribution in [0.2, 0.25) is 0 Å². The second-order valence-corrected chi connectivity index (χ2v) is 13.2. The van der Waals surface area contributed by atoms with Crippen LogP contribution >= 0.6 is 0 Å². The van der Waals surface area contributed by atoms with Crippen LogP contribution in [0.3, 0.4) is 0 Å². The Balaban J connectivity index is 1.20. The first kappa shape index (κ1) is 28.0. The molecule has 0 atom stereocenters. The van der Waals surface area contributed by atoms with Gasteiger partial charge in [0.15, 0.2) is 0 Å². The molecule has 0 bridgehead atoms. The molecule has 4 nitrogen and oxygen atoms in total. The van der Waals surface area contributed by atoms with E-state index < -0.39 is 0 Å². The minimum absolute atomic E-state index is 0.908. The van der Waals surface area contributed by atoms with Gasteiger partial charge >= 0.3 is 0 Å². The van der Waals surface area contributed by atoms with Crippen LogP contribution in [0.25, 0.3) is 93.9 Å². The number of rotatable bonds is 4. The zero-order valence-electron chi connectivity index (χ0n) is 27.6. The lowest BCUT2D eigenvalue weighted by Gasteiger charge is -2.11. The number of hydrogen-bond donors (Lipinski definition) is 0. The van der Waals surface area contributed by atoms with Gasteiger partial charge in [0.2, 0.25) is 0 Å². The summed E-state index contributed by atoms with van der Waals surface area (Å²) >= 11 is 0. The maximum atomic E-state index is 5.21. The Morgan fingerprint density at radius 3 is 1.53 bits per heavy atom. The van der Waals surface area contributed by atoms with E-state index in [1.807, 2.05) is 6.07 Å². The van der Waals surface area contributed by atoms with Crippen molar-refractivity contribution in [3.63, 3.8) is 0 Å². The first-order valence-corrected chi connectivity index (χ1v) is 17.4. The Morgan fingerprint density at radius 2 is 0.824 bits per heavy atom. The molecule has 0 saturated heterocycles. The van der Waals surface area contributed by atoms with Gasteiger partial charge in [-0.15, -0.1) is 0 Å². The highest BCUT2D eigenvalue weighted by atomic mass is 15.1. The van der Waals surface area contributed by atoms with Gasteiger partial charge in [-0.05, 0) is 72.8 Å². The average molecular weight is 651 g/mol. The molecule has 4 aromatic heterocycles. The monoisotopic (exact) mass is 650 g/mol. The molecule has 0 N–H and O–H groups in total. The highest BCUT2D eigenvalue weighted by molar-refractivity contribution is 6.29. The summed E-state index contributed by atoms with van der Waals surface area (Å²) in [5, 5.41) is 7.43. The zero-order chi connectivity index (χ0) is 33.5. The molecule has 238 valence electrons. The summed E-state index contributed by atoms with van der Waals surface area (Å²) in [7, 11) is 0. The summed E-state index contributed by atoms with van der Waals surface area (Å²) in [5.74, 6) is 0.908. The molecule has 51 heavy (non-hydrogen) atoms. The van der Waals surface area contributed by atoms with Gasteiger partial charge in [0.25, 0.3) is 0 Å². The molecule has 0 aliphatic rings. The maximum Gasteiger partial charge on any atom is 0.138 e. The van der Waals surface area contributed by atoms with Crippen LogP contribution in [0, 0.1) is 0 Å². The number of hydrogen-bond acceptors (Lipinski definition) is 1. The lowest BCUT2D eigenvalue weighted by Crippen LogP contribution is -1.98. The first-order valence-electron chi connectivity index (χ1n) is 17.4. The molecule has 0 fully saturated rings. The van der Waals surface area contributed by atoms with Crippen LogP contribution in [-0.4, -0.2) is 18.7 Å². The second kappa shape index (κ2) is 10.8. The van der Waals surface area contributed by atoms with Crippen LogP contribution in [-0.2, 0) is 0 Å². The fourth-order valence-corrected chi connectivity index (χ4v) is 8.32. The molecule has 7 aromatic carbocycles. The molecule has 0 radical (unpaired) electrons. The Kier molecular flexibility index (Phi) is 5.92. The van der Waals surface area contributed by atoms with Crippen LogP contribution in [0.1, 0.15) is 0 Å². The third-order valence-electron chi connectivity index (χ3n) is 10.4. The third kappa shape index (κ3) is 4.05. The molecule has 0 spiro atoms. The standard InChI is InChI=1S/C47H30N4/c1-3-14-31(15-4-1)38-21-13-25-45(48-38)51-41-24-12-9-20-36(41)47-44(51)29-28-43-46(47)35-19-8-11-23-40(35)50(43)33-26-27-42-37(30-33)34-18-7-10-22-39(34)49(42)32-16-5-2-6-17-32/h1-30H. The van der Waals surface area contributed by atoms with E-state index in [4.69, 9.17) is 4.98 Å². The van der Waals surface area contributed by atoms with Crippen molar-refractivity contribution < 1.29 is 0 Å². The normalized spacial score (nSPS) is 11.9. The number of fused-ring (bicyclic) bond motifs is 10. The van der Waals surface area contributed by atoms with Gasteiger partial charge < -0.3 is 9.13 Å². The van der Waals surface area contributed by atoms with E-state index in [9.17, 15) is 0 Å². The highest BCUT2D eigenvalue weighted by Crippen LogP contribution is 2.43.